The Kier molecular flexibility index (Phi) is 2.97. The van der Waals surface area contributed by atoms with Crippen LogP contribution in [-0.2, 0) is 9.59 Å². The lowest BCUT2D eigenvalue weighted by Gasteiger charge is -2.16. The molecule has 1 aliphatic rings. The second-order valence-electron chi connectivity index (χ2n) is 3.96. The molecule has 0 saturated carbocycles. The number of hydrogen-bond acceptors (Lipinski definition) is 4. The summed E-state index contributed by atoms with van der Waals surface area (Å²) in [4.78, 5) is 37.1. The number of aromatic nitrogens is 1. The highest BCUT2D eigenvalue weighted by Crippen LogP contribution is 2.30. The van der Waals surface area contributed by atoms with Crippen LogP contribution in [-0.4, -0.2) is 39.1 Å². The number of nitrogens with one attached hydrogen (secondary N) is 1. The van der Waals surface area contributed by atoms with E-state index in [4.69, 9.17) is 10.2 Å². The molecule has 2 atom stereocenters. The molecule has 7 heteroatoms. The van der Waals surface area contributed by atoms with E-state index in [9.17, 15) is 14.4 Å². The molecule has 1 aromatic rings. The van der Waals surface area contributed by atoms with Gasteiger partial charge in [-0.15, -0.1) is 0 Å². The number of aliphatic carboxylic acids is 1. The van der Waals surface area contributed by atoms with E-state index in [0.29, 0.717) is 5.56 Å². The largest absolute Gasteiger partial charge is 0.480 e. The predicted molar refractivity (Wildman–Crippen MR) is 58.1 cm³/mol. The fraction of sp³-hybridized carbons (Fsp3) is 0.273. The van der Waals surface area contributed by atoms with E-state index in [1.54, 1.807) is 0 Å². The average Bonchev–Trinajstić information content (AvgIpc) is 2.71. The van der Waals surface area contributed by atoms with E-state index < -0.39 is 29.8 Å². The summed E-state index contributed by atoms with van der Waals surface area (Å²) < 4.78 is 0. The van der Waals surface area contributed by atoms with Crippen LogP contribution in [0, 0.1) is 0 Å². The number of amides is 1. The van der Waals surface area contributed by atoms with Crippen LogP contribution in [0.3, 0.4) is 0 Å². The maximum Gasteiger partial charge on any atom is 0.337 e. The second-order valence-corrected chi connectivity index (χ2v) is 3.96. The first-order chi connectivity index (χ1) is 8.50. The summed E-state index contributed by atoms with van der Waals surface area (Å²) in [6.07, 6.45) is 2.49. The molecular formula is C11H10N2O5. The van der Waals surface area contributed by atoms with Crippen LogP contribution in [0.15, 0.2) is 18.5 Å². The molecule has 1 amide bonds. The molecule has 1 saturated heterocycles. The first-order valence-corrected chi connectivity index (χ1v) is 5.20. The lowest BCUT2D eigenvalue weighted by molar-refractivity contribution is -0.140. The van der Waals surface area contributed by atoms with Gasteiger partial charge in [-0.25, -0.2) is 9.59 Å². The Hall–Kier alpha value is -2.44. The van der Waals surface area contributed by atoms with Crippen LogP contribution in [0.1, 0.15) is 28.3 Å². The third-order valence-electron chi connectivity index (χ3n) is 2.87. The molecule has 0 aliphatic carbocycles. The number of carboxylic acid groups (broad SMARTS) is 2. The second kappa shape index (κ2) is 4.44. The maximum absolute atomic E-state index is 11.3. The van der Waals surface area contributed by atoms with Gasteiger partial charge in [0.2, 0.25) is 5.91 Å². The van der Waals surface area contributed by atoms with Crippen molar-refractivity contribution in [2.24, 2.45) is 0 Å². The SMILES string of the molecule is O=C1CC(c2ccncc2C(=O)O)[C@@H](C(=O)O)N1. The van der Waals surface area contributed by atoms with Crippen molar-refractivity contribution >= 4 is 17.8 Å². The summed E-state index contributed by atoms with van der Waals surface area (Å²) >= 11 is 0. The van der Waals surface area contributed by atoms with E-state index in [-0.39, 0.29) is 12.0 Å². The summed E-state index contributed by atoms with van der Waals surface area (Å²) in [6.45, 7) is 0. The molecule has 0 bridgehead atoms. The Morgan fingerprint density at radius 3 is 2.72 bits per heavy atom. The van der Waals surface area contributed by atoms with Gasteiger partial charge in [0.15, 0.2) is 0 Å². The molecule has 0 aromatic carbocycles. The number of hydrogen-bond donors (Lipinski definition) is 3. The normalized spacial score (nSPS) is 22.6. The molecule has 7 nitrogen and oxygen atoms in total. The molecule has 2 heterocycles. The van der Waals surface area contributed by atoms with Gasteiger partial charge < -0.3 is 15.5 Å². The molecule has 1 fully saturated rings. The summed E-state index contributed by atoms with van der Waals surface area (Å²) in [5.74, 6) is -3.47. The predicted octanol–water partition coefficient (Wildman–Crippen LogP) is -0.164. The molecule has 2 rings (SSSR count). The van der Waals surface area contributed by atoms with E-state index in [1.165, 1.54) is 12.3 Å². The van der Waals surface area contributed by atoms with Gasteiger partial charge in [-0.2, -0.15) is 0 Å². The van der Waals surface area contributed by atoms with Crippen molar-refractivity contribution in [1.29, 1.82) is 0 Å². The minimum Gasteiger partial charge on any atom is -0.480 e. The number of rotatable bonds is 3. The molecular weight excluding hydrogens is 240 g/mol. The number of pyridine rings is 1. The topological polar surface area (TPSA) is 117 Å². The third-order valence-corrected chi connectivity index (χ3v) is 2.87. The van der Waals surface area contributed by atoms with Gasteiger partial charge in [0, 0.05) is 24.7 Å². The zero-order chi connectivity index (χ0) is 13.3. The molecule has 1 aromatic heterocycles. The van der Waals surface area contributed by atoms with Crippen molar-refractivity contribution in [1.82, 2.24) is 10.3 Å². The van der Waals surface area contributed by atoms with E-state index in [2.05, 4.69) is 10.3 Å². The summed E-state index contributed by atoms with van der Waals surface area (Å²) in [5, 5.41) is 20.4. The summed E-state index contributed by atoms with van der Waals surface area (Å²) in [7, 11) is 0. The molecule has 1 unspecified atom stereocenters. The van der Waals surface area contributed by atoms with Gasteiger partial charge in [0.1, 0.15) is 6.04 Å². The smallest absolute Gasteiger partial charge is 0.337 e. The lowest BCUT2D eigenvalue weighted by Crippen LogP contribution is -2.36. The number of carboxylic acids is 2. The highest BCUT2D eigenvalue weighted by molar-refractivity contribution is 5.93. The number of carbonyl (C=O) groups excluding carboxylic acids is 1. The van der Waals surface area contributed by atoms with Crippen LogP contribution in [0.2, 0.25) is 0 Å². The minimum absolute atomic E-state index is 0.0404. The monoisotopic (exact) mass is 250 g/mol. The third kappa shape index (κ3) is 2.02. The standard InChI is InChI=1S/C11H10N2O5/c14-8-3-6(9(13-8)11(17)18)5-1-2-12-4-7(5)10(15)16/h1-2,4,6,9H,3H2,(H,13,14)(H,15,16)(H,17,18)/t6?,9-/m0/s1. The van der Waals surface area contributed by atoms with Crippen LogP contribution < -0.4 is 5.32 Å². The highest BCUT2D eigenvalue weighted by atomic mass is 16.4. The quantitative estimate of drug-likeness (QED) is 0.686. The molecule has 94 valence electrons. The Labute approximate surface area is 101 Å². The average molecular weight is 250 g/mol. The van der Waals surface area contributed by atoms with Crippen LogP contribution >= 0.6 is 0 Å². The van der Waals surface area contributed by atoms with Crippen molar-refractivity contribution in [2.45, 2.75) is 18.4 Å². The lowest BCUT2D eigenvalue weighted by atomic mass is 9.89. The first kappa shape index (κ1) is 12.0. The summed E-state index contributed by atoms with van der Waals surface area (Å²) in [5.41, 5.74) is 0.230. The van der Waals surface area contributed by atoms with Gasteiger partial charge in [-0.05, 0) is 11.6 Å². The minimum atomic E-state index is -1.19. The molecule has 1 aliphatic heterocycles. The fourth-order valence-corrected chi connectivity index (χ4v) is 2.08. The van der Waals surface area contributed by atoms with Crippen molar-refractivity contribution in [3.05, 3.63) is 29.6 Å². The Morgan fingerprint density at radius 2 is 2.11 bits per heavy atom. The number of nitrogens with zero attached hydrogens (tertiary/aromatic N) is 1. The van der Waals surface area contributed by atoms with Gasteiger partial charge >= 0.3 is 11.9 Å². The van der Waals surface area contributed by atoms with E-state index in [1.807, 2.05) is 0 Å². The Bertz CT molecular complexity index is 528. The van der Waals surface area contributed by atoms with Gasteiger partial charge in [0.05, 0.1) is 5.56 Å². The zero-order valence-corrected chi connectivity index (χ0v) is 9.16. The number of aromatic carboxylic acids is 1. The first-order valence-electron chi connectivity index (χ1n) is 5.20. The molecule has 0 spiro atoms. The maximum atomic E-state index is 11.3. The van der Waals surface area contributed by atoms with Crippen LogP contribution in [0.25, 0.3) is 0 Å². The van der Waals surface area contributed by atoms with Crippen molar-refractivity contribution < 1.29 is 24.6 Å². The highest BCUT2D eigenvalue weighted by Gasteiger charge is 2.39. The Morgan fingerprint density at radius 1 is 1.39 bits per heavy atom. The van der Waals surface area contributed by atoms with E-state index >= 15 is 0 Å². The van der Waals surface area contributed by atoms with Crippen molar-refractivity contribution in [3.63, 3.8) is 0 Å². The van der Waals surface area contributed by atoms with Crippen molar-refractivity contribution in [2.75, 3.05) is 0 Å². The van der Waals surface area contributed by atoms with Crippen molar-refractivity contribution in [3.8, 4) is 0 Å². The van der Waals surface area contributed by atoms with Crippen LogP contribution in [0.4, 0.5) is 0 Å². The molecule has 3 N–H and O–H groups in total. The molecule has 18 heavy (non-hydrogen) atoms. The Balaban J connectivity index is 2.44. The number of carbonyl (C=O) groups is 3. The summed E-state index contributed by atoms with van der Waals surface area (Å²) in [6, 6.07) is 0.336. The van der Waals surface area contributed by atoms with E-state index in [0.717, 1.165) is 6.20 Å². The fourth-order valence-electron chi connectivity index (χ4n) is 2.08. The molecule has 0 radical (unpaired) electrons. The van der Waals surface area contributed by atoms with Gasteiger partial charge in [0.25, 0.3) is 0 Å². The van der Waals surface area contributed by atoms with Gasteiger partial charge in [-0.1, -0.05) is 0 Å². The van der Waals surface area contributed by atoms with Gasteiger partial charge in [-0.3, -0.25) is 9.78 Å². The van der Waals surface area contributed by atoms with Crippen LogP contribution in [0.5, 0.6) is 0 Å². The zero-order valence-electron chi connectivity index (χ0n) is 9.16.